The number of carbonyl (C=O) groups excluding carboxylic acids is 1. The van der Waals surface area contributed by atoms with Crippen LogP contribution < -0.4 is 5.32 Å². The van der Waals surface area contributed by atoms with Gasteiger partial charge in [0.05, 0.1) is 28.2 Å². The number of nitrogens with zero attached hydrogens (tertiary/aromatic N) is 2. The number of pyridine rings is 1. The molecule has 0 radical (unpaired) electrons. The predicted molar refractivity (Wildman–Crippen MR) is 118 cm³/mol. The molecule has 0 spiro atoms. The lowest BCUT2D eigenvalue weighted by Crippen LogP contribution is -2.42. The molecule has 1 aromatic heterocycles. The topological polar surface area (TPSA) is 54.5 Å². The second kappa shape index (κ2) is 9.46. The zero-order valence-corrected chi connectivity index (χ0v) is 19.5. The molecular formula is C23H26ClF4N3O2. The molecule has 10 heteroatoms. The Kier molecular flexibility index (Phi) is 7.24. The molecular weight excluding hydrogens is 462 g/mol. The summed E-state index contributed by atoms with van der Waals surface area (Å²) in [6, 6.07) is 3.63. The highest BCUT2D eigenvalue weighted by molar-refractivity contribution is 6.30. The van der Waals surface area contributed by atoms with Crippen LogP contribution in [0.3, 0.4) is 0 Å². The number of ether oxygens (including phenoxy) is 1. The Bertz CT molecular complexity index is 1010. The summed E-state index contributed by atoms with van der Waals surface area (Å²) in [5, 5.41) is 3.23. The third-order valence-electron chi connectivity index (χ3n) is 5.37. The van der Waals surface area contributed by atoms with E-state index < -0.39 is 36.2 Å². The first kappa shape index (κ1) is 25.2. The minimum Gasteiger partial charge on any atom is -0.380 e. The second-order valence-corrected chi connectivity index (χ2v) is 9.48. The number of carbonyl (C=O) groups is 1. The van der Waals surface area contributed by atoms with Crippen LogP contribution in [0.1, 0.15) is 43.6 Å². The molecule has 2 atom stereocenters. The van der Waals surface area contributed by atoms with E-state index in [1.165, 1.54) is 24.4 Å². The van der Waals surface area contributed by atoms with Crippen molar-refractivity contribution in [2.75, 3.05) is 19.0 Å². The van der Waals surface area contributed by atoms with Crippen molar-refractivity contribution in [3.05, 3.63) is 58.1 Å². The highest BCUT2D eigenvalue weighted by Crippen LogP contribution is 2.37. The Morgan fingerprint density at radius 1 is 1.24 bits per heavy atom. The van der Waals surface area contributed by atoms with Gasteiger partial charge < -0.3 is 15.0 Å². The Morgan fingerprint density at radius 2 is 1.94 bits per heavy atom. The first-order valence-electron chi connectivity index (χ1n) is 10.4. The number of rotatable bonds is 6. The maximum absolute atomic E-state index is 14.2. The van der Waals surface area contributed by atoms with Crippen LogP contribution in [-0.2, 0) is 22.4 Å². The molecule has 3 rings (SSSR count). The fraction of sp³-hybridized carbons (Fsp3) is 0.478. The average Bonchev–Trinajstić information content (AvgIpc) is 3.12. The number of amides is 1. The summed E-state index contributed by atoms with van der Waals surface area (Å²) >= 11 is 5.84. The van der Waals surface area contributed by atoms with E-state index >= 15 is 0 Å². The molecule has 2 aromatic rings. The number of anilines is 1. The van der Waals surface area contributed by atoms with E-state index in [9.17, 15) is 22.4 Å². The third-order valence-corrected chi connectivity index (χ3v) is 5.66. The van der Waals surface area contributed by atoms with Gasteiger partial charge in [0.2, 0.25) is 5.91 Å². The molecule has 1 aliphatic rings. The van der Waals surface area contributed by atoms with Crippen molar-refractivity contribution in [3.8, 4) is 0 Å². The van der Waals surface area contributed by atoms with Gasteiger partial charge in [0.15, 0.2) is 6.04 Å². The highest BCUT2D eigenvalue weighted by Gasteiger charge is 2.46. The van der Waals surface area contributed by atoms with Crippen molar-refractivity contribution in [1.82, 2.24) is 9.88 Å². The van der Waals surface area contributed by atoms with Gasteiger partial charge in [0.1, 0.15) is 12.4 Å². The van der Waals surface area contributed by atoms with Crippen molar-refractivity contribution < 1.29 is 27.1 Å². The van der Waals surface area contributed by atoms with Gasteiger partial charge in [-0.3, -0.25) is 9.78 Å². The molecule has 0 saturated carbocycles. The number of halogens is 5. The third kappa shape index (κ3) is 6.14. The van der Waals surface area contributed by atoms with Crippen LogP contribution in [0.25, 0.3) is 0 Å². The monoisotopic (exact) mass is 487 g/mol. The molecule has 0 bridgehead atoms. The van der Waals surface area contributed by atoms with Crippen molar-refractivity contribution >= 4 is 23.2 Å². The number of alkyl halides is 3. The van der Waals surface area contributed by atoms with E-state index in [1.807, 2.05) is 0 Å². The summed E-state index contributed by atoms with van der Waals surface area (Å²) < 4.78 is 60.9. The molecule has 1 amide bonds. The number of hydrogen-bond acceptors (Lipinski definition) is 4. The molecule has 1 N–H and O–H groups in total. The summed E-state index contributed by atoms with van der Waals surface area (Å²) in [7, 11) is 1.08. The smallest absolute Gasteiger partial charge is 0.380 e. The van der Waals surface area contributed by atoms with E-state index in [0.717, 1.165) is 12.6 Å². The number of nitrogens with one attached hydrogen (secondary N) is 1. The van der Waals surface area contributed by atoms with Crippen LogP contribution in [0, 0.1) is 5.82 Å². The van der Waals surface area contributed by atoms with Crippen molar-refractivity contribution in [1.29, 1.82) is 0 Å². The molecule has 1 unspecified atom stereocenters. The van der Waals surface area contributed by atoms with Gasteiger partial charge in [-0.15, -0.1) is 0 Å². The van der Waals surface area contributed by atoms with E-state index in [1.54, 1.807) is 26.8 Å². The quantitative estimate of drug-likeness (QED) is 0.559. The van der Waals surface area contributed by atoms with Crippen molar-refractivity contribution in [2.45, 2.75) is 57.5 Å². The van der Waals surface area contributed by atoms with E-state index in [0.29, 0.717) is 29.0 Å². The highest BCUT2D eigenvalue weighted by atomic mass is 35.5. The molecule has 33 heavy (non-hydrogen) atoms. The maximum atomic E-state index is 14.2. The van der Waals surface area contributed by atoms with Crippen molar-refractivity contribution in [3.63, 3.8) is 0 Å². The molecule has 1 aromatic carbocycles. The molecule has 0 fully saturated rings. The number of fused-ring (bicyclic) bond motifs is 1. The lowest BCUT2D eigenvalue weighted by Gasteiger charge is -2.30. The zero-order chi connectivity index (χ0) is 24.6. The minimum absolute atomic E-state index is 0.0604. The van der Waals surface area contributed by atoms with Gasteiger partial charge in [0.25, 0.3) is 0 Å². The van der Waals surface area contributed by atoms with Crippen LogP contribution >= 0.6 is 11.6 Å². The minimum atomic E-state index is -4.72. The van der Waals surface area contributed by atoms with E-state index in [-0.39, 0.29) is 16.8 Å². The lowest BCUT2D eigenvalue weighted by atomic mass is 10.1. The first-order chi connectivity index (χ1) is 15.3. The van der Waals surface area contributed by atoms with E-state index in [2.05, 4.69) is 10.3 Å². The first-order valence-corrected chi connectivity index (χ1v) is 10.8. The molecule has 180 valence electrons. The SMILES string of the molecule is CN(C(=O)COC(C)(C)C)[C@@H](c1ccc(NC2Cc3ccc(Cl)c(F)c3C2)cn1)C(F)(F)F. The Labute approximate surface area is 195 Å². The second-order valence-electron chi connectivity index (χ2n) is 9.07. The van der Waals surface area contributed by atoms with E-state index in [4.69, 9.17) is 16.3 Å². The van der Waals surface area contributed by atoms with Crippen LogP contribution in [0.4, 0.5) is 23.2 Å². The molecule has 0 saturated heterocycles. The maximum Gasteiger partial charge on any atom is 0.414 e. The molecule has 1 heterocycles. The largest absolute Gasteiger partial charge is 0.414 e. The normalized spacial score (nSPS) is 16.9. The summed E-state index contributed by atoms with van der Waals surface area (Å²) in [4.78, 5) is 16.9. The number of benzene rings is 1. The fourth-order valence-electron chi connectivity index (χ4n) is 3.73. The Hall–Kier alpha value is -2.39. The summed E-state index contributed by atoms with van der Waals surface area (Å²) in [6.45, 7) is 4.65. The summed E-state index contributed by atoms with van der Waals surface area (Å²) in [5.74, 6) is -1.25. The molecule has 5 nitrogen and oxygen atoms in total. The van der Waals surface area contributed by atoms with Crippen LogP contribution in [0.15, 0.2) is 30.5 Å². The van der Waals surface area contributed by atoms with Gasteiger partial charge in [0, 0.05) is 13.1 Å². The zero-order valence-electron chi connectivity index (χ0n) is 18.8. The van der Waals surface area contributed by atoms with Crippen molar-refractivity contribution in [2.24, 2.45) is 0 Å². The predicted octanol–water partition coefficient (Wildman–Crippen LogP) is 5.33. The molecule has 0 aliphatic heterocycles. The van der Waals surface area contributed by atoms with Gasteiger partial charge in [-0.1, -0.05) is 17.7 Å². The number of aromatic nitrogens is 1. The van der Waals surface area contributed by atoms with Crippen LogP contribution in [0.2, 0.25) is 5.02 Å². The van der Waals surface area contributed by atoms with Gasteiger partial charge >= 0.3 is 6.18 Å². The number of hydrogen-bond donors (Lipinski definition) is 1. The van der Waals surface area contributed by atoms with Crippen LogP contribution in [-0.4, -0.2) is 47.3 Å². The van der Waals surface area contributed by atoms with Crippen LogP contribution in [0.5, 0.6) is 0 Å². The van der Waals surface area contributed by atoms with Gasteiger partial charge in [-0.25, -0.2) is 4.39 Å². The van der Waals surface area contributed by atoms with Gasteiger partial charge in [-0.2, -0.15) is 13.2 Å². The standard InChI is InChI=1S/C23H26ClF4N3O2/c1-22(2,3)33-12-19(32)31(4)21(23(26,27)28)18-8-6-14(11-29-18)30-15-9-13-5-7-17(24)20(25)16(13)10-15/h5-8,11,15,21,30H,9-10,12H2,1-4H3/t15?,21-/m0/s1. The average molecular weight is 488 g/mol. The summed E-state index contributed by atoms with van der Waals surface area (Å²) in [6.07, 6.45) is -2.48. The Balaban J connectivity index is 1.71. The fourth-order valence-corrected chi connectivity index (χ4v) is 3.91. The summed E-state index contributed by atoms with van der Waals surface area (Å²) in [5.41, 5.74) is 0.901. The Morgan fingerprint density at radius 3 is 2.52 bits per heavy atom. The molecule has 1 aliphatic carbocycles. The lowest BCUT2D eigenvalue weighted by molar-refractivity contribution is -0.192. The van der Waals surface area contributed by atoms with Gasteiger partial charge in [-0.05, 0) is 62.9 Å². The number of likely N-dealkylation sites (N-methyl/N-ethyl adjacent to an activating group) is 1.